The highest BCUT2D eigenvalue weighted by molar-refractivity contribution is 14.1. The predicted octanol–water partition coefficient (Wildman–Crippen LogP) is 5.93. The maximum Gasteiger partial charge on any atom is 0.335 e. The van der Waals surface area contributed by atoms with Gasteiger partial charge in [0.1, 0.15) is 17.4 Å². The lowest BCUT2D eigenvalue weighted by molar-refractivity contribution is -0.122. The van der Waals surface area contributed by atoms with Gasteiger partial charge in [-0.25, -0.2) is 9.69 Å². The first-order chi connectivity index (χ1) is 18.3. The zero-order chi connectivity index (χ0) is 26.6. The van der Waals surface area contributed by atoms with Crippen LogP contribution in [0.25, 0.3) is 6.08 Å². The second kappa shape index (κ2) is 9.93. The summed E-state index contributed by atoms with van der Waals surface area (Å²) < 4.78 is 6.97. The maximum absolute atomic E-state index is 13.4. The van der Waals surface area contributed by atoms with Crippen molar-refractivity contribution in [2.24, 2.45) is 17.8 Å². The Hall–Kier alpha value is -2.46. The van der Waals surface area contributed by atoms with Crippen LogP contribution < -0.4 is 15.0 Å². The molecule has 2 aromatic carbocycles. The minimum absolute atomic E-state index is 0.0773. The number of hydrogen-bond donors (Lipinski definition) is 1. The number of ether oxygens (including phenoxy) is 1. The Labute approximate surface area is 248 Å². The minimum atomic E-state index is -0.746. The Kier molecular flexibility index (Phi) is 6.74. The zero-order valence-corrected chi connectivity index (χ0v) is 24.8. The third kappa shape index (κ3) is 4.53. The second-order valence-corrected chi connectivity index (χ2v) is 13.3. The lowest BCUT2D eigenvalue weighted by atomic mass is 9.48. The number of rotatable bonds is 5. The normalized spacial score (nSPS) is 29.0. The van der Waals surface area contributed by atoms with Gasteiger partial charge in [0.05, 0.1) is 12.8 Å². The van der Waals surface area contributed by atoms with Crippen molar-refractivity contribution in [3.05, 3.63) is 60.2 Å². The van der Waals surface area contributed by atoms with Crippen LogP contribution in [0.3, 0.4) is 0 Å². The van der Waals surface area contributed by atoms with Crippen LogP contribution >= 0.6 is 45.2 Å². The first kappa shape index (κ1) is 25.8. The van der Waals surface area contributed by atoms with Crippen LogP contribution in [0.2, 0.25) is 0 Å². The Morgan fingerprint density at radius 2 is 1.58 bits per heavy atom. The fraction of sp³-hybridized carbons (Fsp3) is 0.379. The van der Waals surface area contributed by atoms with Crippen LogP contribution in [0.1, 0.15) is 49.7 Å². The van der Waals surface area contributed by atoms with E-state index in [0.717, 1.165) is 29.8 Å². The van der Waals surface area contributed by atoms with E-state index in [1.165, 1.54) is 50.2 Å². The summed E-state index contributed by atoms with van der Waals surface area (Å²) in [5.41, 5.74) is 2.48. The molecule has 4 saturated carbocycles. The number of carbonyl (C=O) groups is 3. The molecule has 2 aromatic rings. The number of benzene rings is 2. The first-order valence-corrected chi connectivity index (χ1v) is 14.9. The van der Waals surface area contributed by atoms with Crippen molar-refractivity contribution in [1.82, 2.24) is 5.32 Å². The number of amides is 4. The number of imide groups is 2. The average molecular weight is 733 g/mol. The molecule has 0 unspecified atom stereocenters. The quantitative estimate of drug-likeness (QED) is 0.234. The standard InChI is InChI=1S/C29H25I2N3O4/c30-23-11-16(12-24(31)25(23)38-6-5-32)10-22-26(35)33-28(37)34(27(22)36)21-3-1-20(2-4-21)29-13-17-7-18(14-29)9-19(8-17)15-29/h1-4,10-12,17-19H,6-9,13-15H2,(H,33,35,37)/b22-10+. The molecule has 1 aliphatic heterocycles. The molecule has 4 amide bonds. The molecule has 0 spiro atoms. The highest BCUT2D eigenvalue weighted by Crippen LogP contribution is 2.60. The summed E-state index contributed by atoms with van der Waals surface area (Å²) in [4.78, 5) is 39.9. The summed E-state index contributed by atoms with van der Waals surface area (Å²) in [6, 6.07) is 12.6. The molecular weight excluding hydrogens is 708 g/mol. The smallest absolute Gasteiger partial charge is 0.335 e. The van der Waals surface area contributed by atoms with Crippen LogP contribution in [-0.4, -0.2) is 24.5 Å². The zero-order valence-electron chi connectivity index (χ0n) is 20.5. The molecule has 4 bridgehead atoms. The van der Waals surface area contributed by atoms with Gasteiger partial charge in [-0.3, -0.25) is 14.9 Å². The van der Waals surface area contributed by atoms with Crippen molar-refractivity contribution >= 4 is 74.8 Å². The van der Waals surface area contributed by atoms with Crippen LogP contribution in [0, 0.1) is 36.2 Å². The molecule has 1 N–H and O–H groups in total. The van der Waals surface area contributed by atoms with Gasteiger partial charge in [-0.1, -0.05) is 12.1 Å². The Bertz CT molecular complexity index is 1370. The van der Waals surface area contributed by atoms with Crippen LogP contribution in [0.4, 0.5) is 10.5 Å². The molecule has 5 fully saturated rings. The van der Waals surface area contributed by atoms with E-state index in [9.17, 15) is 14.4 Å². The summed E-state index contributed by atoms with van der Waals surface area (Å²) in [7, 11) is 0. The van der Waals surface area contributed by atoms with Gasteiger partial charge in [0, 0.05) is 0 Å². The second-order valence-electron chi connectivity index (χ2n) is 11.0. The van der Waals surface area contributed by atoms with Gasteiger partial charge in [-0.15, -0.1) is 0 Å². The molecule has 1 heterocycles. The number of halogens is 2. The van der Waals surface area contributed by atoms with E-state index in [4.69, 9.17) is 10.00 Å². The largest absolute Gasteiger partial charge is 0.477 e. The van der Waals surface area contributed by atoms with Crippen molar-refractivity contribution in [3.63, 3.8) is 0 Å². The molecule has 7 rings (SSSR count). The molecule has 7 nitrogen and oxygen atoms in total. The predicted molar refractivity (Wildman–Crippen MR) is 158 cm³/mol. The maximum atomic E-state index is 13.4. The molecule has 194 valence electrons. The third-order valence-corrected chi connectivity index (χ3v) is 10.1. The molecule has 0 aromatic heterocycles. The Morgan fingerprint density at radius 3 is 2.13 bits per heavy atom. The molecule has 0 atom stereocenters. The van der Waals surface area contributed by atoms with Gasteiger partial charge in [0.25, 0.3) is 11.8 Å². The van der Waals surface area contributed by atoms with Gasteiger partial charge in [0.2, 0.25) is 0 Å². The van der Waals surface area contributed by atoms with Gasteiger partial charge < -0.3 is 4.74 Å². The van der Waals surface area contributed by atoms with E-state index < -0.39 is 17.8 Å². The van der Waals surface area contributed by atoms with Crippen molar-refractivity contribution in [2.45, 2.75) is 43.9 Å². The first-order valence-electron chi connectivity index (χ1n) is 12.8. The van der Waals surface area contributed by atoms with E-state index in [1.807, 2.05) is 18.2 Å². The lowest BCUT2D eigenvalue weighted by Gasteiger charge is -2.57. The molecule has 4 aliphatic carbocycles. The summed E-state index contributed by atoms with van der Waals surface area (Å²) in [5, 5.41) is 11.1. The molecule has 1 saturated heterocycles. The fourth-order valence-corrected chi connectivity index (χ4v) is 9.52. The molecular formula is C29H25I2N3O4. The van der Waals surface area contributed by atoms with Crippen molar-refractivity contribution in [1.29, 1.82) is 5.26 Å². The van der Waals surface area contributed by atoms with E-state index in [-0.39, 0.29) is 17.6 Å². The number of urea groups is 1. The highest BCUT2D eigenvalue weighted by Gasteiger charge is 2.51. The SMILES string of the molecule is N#CCOc1c(I)cc(/C=C2\C(=O)NC(=O)N(c3ccc(C45CC6CC(CC(C6)C4)C5)cc3)C2=O)cc1I. The Balaban J connectivity index is 1.27. The van der Waals surface area contributed by atoms with Crippen LogP contribution in [-0.2, 0) is 15.0 Å². The third-order valence-electron chi connectivity index (χ3n) is 8.49. The van der Waals surface area contributed by atoms with Crippen LogP contribution in [0.5, 0.6) is 5.75 Å². The monoisotopic (exact) mass is 733 g/mol. The van der Waals surface area contributed by atoms with E-state index >= 15 is 0 Å². The van der Waals surface area contributed by atoms with E-state index in [0.29, 0.717) is 17.0 Å². The summed E-state index contributed by atoms with van der Waals surface area (Å²) in [6.45, 7) is -0.0773. The highest BCUT2D eigenvalue weighted by atomic mass is 127. The number of barbiturate groups is 1. The van der Waals surface area contributed by atoms with Crippen molar-refractivity contribution in [2.75, 3.05) is 11.5 Å². The lowest BCUT2D eigenvalue weighted by Crippen LogP contribution is -2.54. The molecule has 38 heavy (non-hydrogen) atoms. The van der Waals surface area contributed by atoms with Gasteiger partial charge in [-0.05, 0) is 148 Å². The number of carbonyl (C=O) groups excluding carboxylic acids is 3. The van der Waals surface area contributed by atoms with Crippen molar-refractivity contribution < 1.29 is 19.1 Å². The fourth-order valence-electron chi connectivity index (χ4n) is 7.39. The molecule has 9 heteroatoms. The van der Waals surface area contributed by atoms with E-state index in [2.05, 4.69) is 62.6 Å². The summed E-state index contributed by atoms with van der Waals surface area (Å²) in [5.74, 6) is 1.67. The number of hydrogen-bond acceptors (Lipinski definition) is 5. The van der Waals surface area contributed by atoms with Crippen molar-refractivity contribution in [3.8, 4) is 11.8 Å². The van der Waals surface area contributed by atoms with Crippen LogP contribution in [0.15, 0.2) is 42.0 Å². The molecule has 5 aliphatic rings. The number of nitrogens with one attached hydrogen (secondary N) is 1. The number of nitrogens with zero attached hydrogens (tertiary/aromatic N) is 2. The van der Waals surface area contributed by atoms with Gasteiger partial charge in [-0.2, -0.15) is 5.26 Å². The topological polar surface area (TPSA) is 99.5 Å². The Morgan fingerprint density at radius 1 is 1.00 bits per heavy atom. The van der Waals surface area contributed by atoms with Gasteiger partial charge in [0.15, 0.2) is 6.61 Å². The number of nitriles is 1. The number of anilines is 1. The van der Waals surface area contributed by atoms with E-state index in [1.54, 1.807) is 12.1 Å². The summed E-state index contributed by atoms with van der Waals surface area (Å²) >= 11 is 4.18. The van der Waals surface area contributed by atoms with Gasteiger partial charge >= 0.3 is 6.03 Å². The summed E-state index contributed by atoms with van der Waals surface area (Å²) in [6.07, 6.45) is 9.31. The molecule has 0 radical (unpaired) electrons. The minimum Gasteiger partial charge on any atom is -0.477 e. The average Bonchev–Trinajstić information content (AvgIpc) is 2.85.